The van der Waals surface area contributed by atoms with Crippen molar-refractivity contribution in [3.8, 4) is 0 Å². The predicted molar refractivity (Wildman–Crippen MR) is 96.4 cm³/mol. The number of anilines is 1. The third-order valence-corrected chi connectivity index (χ3v) is 5.33. The molecule has 1 aliphatic rings. The number of aryl methyl sites for hydroxylation is 1. The second-order valence-electron chi connectivity index (χ2n) is 6.74. The molecular weight excluding hydrogens is 395 g/mol. The number of hydrogen-bond donors (Lipinski definition) is 1. The Morgan fingerprint density at radius 1 is 1.36 bits per heavy atom. The Morgan fingerprint density at radius 2 is 2.07 bits per heavy atom. The van der Waals surface area contributed by atoms with Crippen LogP contribution >= 0.6 is 0 Å². The van der Waals surface area contributed by atoms with Gasteiger partial charge in [0.2, 0.25) is 0 Å². The number of fused-ring (bicyclic) bond motifs is 1. The predicted octanol–water partition coefficient (Wildman–Crippen LogP) is 4.41. The number of alkyl halides is 3. The second-order valence-corrected chi connectivity index (χ2v) is 7.83. The Kier molecular flexibility index (Phi) is 5.46. The molecule has 0 fully saturated rings. The highest BCUT2D eigenvalue weighted by Gasteiger charge is 2.37. The molecule has 0 unspecified atom stereocenters. The number of rotatable bonds is 3. The van der Waals surface area contributed by atoms with Crippen molar-refractivity contribution in [1.29, 1.82) is 0 Å². The summed E-state index contributed by atoms with van der Waals surface area (Å²) in [6.45, 7) is 5.02. The first-order valence-electron chi connectivity index (χ1n) is 8.67. The highest BCUT2D eigenvalue weighted by atomic mass is 32.2. The van der Waals surface area contributed by atoms with Gasteiger partial charge in [0.05, 0.1) is 5.69 Å². The van der Waals surface area contributed by atoms with Crippen LogP contribution in [0.5, 0.6) is 0 Å². The summed E-state index contributed by atoms with van der Waals surface area (Å²) in [5.41, 5.74) is -0.256. The molecule has 2 amide bonds. The number of nitrogens with zero attached hydrogens (tertiary/aromatic N) is 4. The third kappa shape index (κ3) is 4.03. The summed E-state index contributed by atoms with van der Waals surface area (Å²) in [4.78, 5) is 16.0. The van der Waals surface area contributed by atoms with Gasteiger partial charge in [-0.25, -0.2) is 9.78 Å². The molecule has 152 valence electrons. The van der Waals surface area contributed by atoms with E-state index in [1.807, 2.05) is 13.8 Å². The lowest BCUT2D eigenvalue weighted by atomic mass is 10.1. The summed E-state index contributed by atoms with van der Waals surface area (Å²) in [5.74, 6) is 0. The monoisotopic (exact) mass is 414 g/mol. The number of amides is 2. The summed E-state index contributed by atoms with van der Waals surface area (Å²) in [7, 11) is -2.07. The molecular formula is C17H19F3N5O2S-. The van der Waals surface area contributed by atoms with Gasteiger partial charge in [0.25, 0.3) is 0 Å². The minimum Gasteiger partial charge on any atom is -0.438 e. The zero-order valence-corrected chi connectivity index (χ0v) is 16.3. The molecule has 0 saturated carbocycles. The summed E-state index contributed by atoms with van der Waals surface area (Å²) in [5, 5.41) is 6.55. The van der Waals surface area contributed by atoms with Crippen molar-refractivity contribution in [2.24, 2.45) is 4.36 Å². The molecule has 28 heavy (non-hydrogen) atoms. The standard InChI is InChI=1S/C17H19F3N5O2S/c1-9(2)25-8-7-13(23-25)28(27)24-16(26)22-14-10(3)15(17(18,19)20)21-12-6-4-5-11(12)14/h7-9H,4-6H2,1-3H3,(H,21,22,26)/q-1. The quantitative estimate of drug-likeness (QED) is 0.754. The van der Waals surface area contributed by atoms with Gasteiger partial charge in [-0.1, -0.05) is 0 Å². The van der Waals surface area contributed by atoms with Crippen LogP contribution in [0.15, 0.2) is 21.7 Å². The van der Waals surface area contributed by atoms with Crippen molar-refractivity contribution >= 4 is 22.3 Å². The molecule has 11 heteroatoms. The Morgan fingerprint density at radius 3 is 2.68 bits per heavy atom. The minimum atomic E-state index is -4.63. The Bertz CT molecular complexity index is 1010. The van der Waals surface area contributed by atoms with Crippen LogP contribution in [0.4, 0.5) is 23.7 Å². The topological polar surface area (TPSA) is 89.2 Å². The number of nitrogens with one attached hydrogen (secondary N) is 1. The molecule has 2 aromatic rings. The molecule has 0 aromatic carbocycles. The zero-order valence-electron chi connectivity index (χ0n) is 15.5. The lowest BCUT2D eigenvalue weighted by molar-refractivity contribution is -0.141. The molecule has 2 heterocycles. The Hall–Kier alpha value is -2.43. The smallest absolute Gasteiger partial charge is 0.433 e. The van der Waals surface area contributed by atoms with Crippen molar-refractivity contribution in [1.82, 2.24) is 14.8 Å². The van der Waals surface area contributed by atoms with Gasteiger partial charge in [-0.2, -0.15) is 18.3 Å². The van der Waals surface area contributed by atoms with Gasteiger partial charge in [0.15, 0.2) is 0 Å². The van der Waals surface area contributed by atoms with Gasteiger partial charge >= 0.3 is 12.2 Å². The molecule has 1 N–H and O–H groups in total. The van der Waals surface area contributed by atoms with Crippen LogP contribution in [0.3, 0.4) is 0 Å². The summed E-state index contributed by atoms with van der Waals surface area (Å²) in [6.07, 6.45) is -1.44. The maximum Gasteiger partial charge on any atom is 0.433 e. The van der Waals surface area contributed by atoms with Gasteiger partial charge in [0, 0.05) is 28.5 Å². The fraction of sp³-hybridized carbons (Fsp3) is 0.471. The van der Waals surface area contributed by atoms with E-state index in [1.165, 1.54) is 13.0 Å². The van der Waals surface area contributed by atoms with Crippen LogP contribution in [0.2, 0.25) is 0 Å². The summed E-state index contributed by atoms with van der Waals surface area (Å²) in [6, 6.07) is 0.528. The van der Waals surface area contributed by atoms with Gasteiger partial charge in [-0.3, -0.25) is 4.68 Å². The van der Waals surface area contributed by atoms with E-state index in [-0.39, 0.29) is 22.3 Å². The molecule has 0 atom stereocenters. The number of carbonyl (C=O) groups is 1. The first-order valence-corrected chi connectivity index (χ1v) is 9.78. The van der Waals surface area contributed by atoms with Crippen LogP contribution in [0.1, 0.15) is 48.8 Å². The van der Waals surface area contributed by atoms with Gasteiger partial charge in [-0.05, 0) is 51.7 Å². The van der Waals surface area contributed by atoms with Gasteiger partial charge in [-0.15, -0.1) is 10.6 Å². The number of carbonyl (C=O) groups excluding carboxylic acids is 1. The van der Waals surface area contributed by atoms with E-state index in [0.29, 0.717) is 30.5 Å². The van der Waals surface area contributed by atoms with Crippen molar-refractivity contribution in [2.75, 3.05) is 5.32 Å². The van der Waals surface area contributed by atoms with Gasteiger partial charge < -0.3 is 13.9 Å². The molecule has 0 bridgehead atoms. The Balaban J connectivity index is 1.92. The third-order valence-electron chi connectivity index (χ3n) is 4.43. The first kappa shape index (κ1) is 20.3. The number of hydrogen-bond acceptors (Lipinski definition) is 5. The maximum atomic E-state index is 13.3. The molecule has 0 aliphatic heterocycles. The van der Waals surface area contributed by atoms with E-state index in [4.69, 9.17) is 0 Å². The fourth-order valence-electron chi connectivity index (χ4n) is 3.08. The average Bonchev–Trinajstić information content (AvgIpc) is 3.24. The normalized spacial score (nSPS) is 15.1. The molecule has 0 spiro atoms. The van der Waals surface area contributed by atoms with Gasteiger partial charge in [0.1, 0.15) is 5.69 Å². The van der Waals surface area contributed by atoms with Crippen molar-refractivity contribution in [2.45, 2.75) is 57.3 Å². The maximum absolute atomic E-state index is 13.3. The summed E-state index contributed by atoms with van der Waals surface area (Å²) < 4.78 is 57.2. The molecule has 0 saturated heterocycles. The molecule has 7 nitrogen and oxygen atoms in total. The van der Waals surface area contributed by atoms with E-state index < -0.39 is 28.5 Å². The average molecular weight is 414 g/mol. The summed E-state index contributed by atoms with van der Waals surface area (Å²) >= 11 is 0. The highest BCUT2D eigenvalue weighted by Crippen LogP contribution is 2.38. The van der Waals surface area contributed by atoms with E-state index in [1.54, 1.807) is 10.9 Å². The fourth-order valence-corrected chi connectivity index (χ4v) is 3.71. The molecule has 0 radical (unpaired) electrons. The lowest BCUT2D eigenvalue weighted by Crippen LogP contribution is -2.17. The van der Waals surface area contributed by atoms with Crippen molar-refractivity contribution in [3.05, 3.63) is 34.8 Å². The largest absolute Gasteiger partial charge is 0.438 e. The first-order chi connectivity index (χ1) is 13.1. The zero-order chi connectivity index (χ0) is 20.6. The van der Waals surface area contributed by atoms with Crippen LogP contribution in [0.25, 0.3) is 0 Å². The van der Waals surface area contributed by atoms with E-state index >= 15 is 0 Å². The number of aromatic nitrogens is 3. The molecule has 1 aliphatic carbocycles. The lowest BCUT2D eigenvalue weighted by Gasteiger charge is -2.17. The second kappa shape index (κ2) is 7.53. The minimum absolute atomic E-state index is 0.0439. The SMILES string of the molecule is Cc1c(C(F)(F)F)nc2c(c1NC(=O)N=[S-](=O)c1ccn(C(C)C)n1)CCC2. The number of pyridine rings is 1. The Labute approximate surface area is 161 Å². The number of urea groups is 1. The van der Waals surface area contributed by atoms with Crippen molar-refractivity contribution in [3.63, 3.8) is 0 Å². The van der Waals surface area contributed by atoms with Crippen LogP contribution in [-0.2, 0) is 33.8 Å². The van der Waals surface area contributed by atoms with Crippen LogP contribution in [-0.4, -0.2) is 20.8 Å². The highest BCUT2D eigenvalue weighted by molar-refractivity contribution is 7.75. The van der Waals surface area contributed by atoms with E-state index in [2.05, 4.69) is 19.8 Å². The van der Waals surface area contributed by atoms with E-state index in [0.717, 1.165) is 0 Å². The van der Waals surface area contributed by atoms with Crippen LogP contribution in [0, 0.1) is 6.92 Å². The molecule has 3 rings (SSSR count). The van der Waals surface area contributed by atoms with Crippen LogP contribution < -0.4 is 5.32 Å². The number of halogens is 3. The van der Waals surface area contributed by atoms with E-state index in [9.17, 15) is 22.2 Å². The van der Waals surface area contributed by atoms with Crippen molar-refractivity contribution < 1.29 is 22.2 Å². The molecule has 2 aromatic heterocycles.